The van der Waals surface area contributed by atoms with Crippen LogP contribution in [0.25, 0.3) is 11.0 Å². The van der Waals surface area contributed by atoms with Crippen LogP contribution >= 0.6 is 11.8 Å². The Morgan fingerprint density at radius 3 is 2.83 bits per heavy atom. The molecule has 188 valence electrons. The molecule has 10 nitrogen and oxygen atoms in total. The number of aromatic nitrogens is 3. The van der Waals surface area contributed by atoms with Crippen LogP contribution in [0.5, 0.6) is 5.88 Å². The fourth-order valence-electron chi connectivity index (χ4n) is 4.67. The number of piperidine rings is 1. The van der Waals surface area contributed by atoms with Gasteiger partial charge in [0.15, 0.2) is 0 Å². The van der Waals surface area contributed by atoms with Gasteiger partial charge in [0.1, 0.15) is 11.5 Å². The van der Waals surface area contributed by atoms with Gasteiger partial charge in [-0.15, -0.1) is 11.8 Å². The molecule has 11 heteroatoms. The van der Waals surface area contributed by atoms with E-state index in [2.05, 4.69) is 25.2 Å². The number of hydrogen-bond donors (Lipinski definition) is 2. The van der Waals surface area contributed by atoms with Crippen LogP contribution < -0.4 is 10.1 Å². The normalized spacial score (nSPS) is 17.4. The summed E-state index contributed by atoms with van der Waals surface area (Å²) < 4.78 is 5.24. The van der Waals surface area contributed by atoms with E-state index in [0.29, 0.717) is 40.7 Å². The Kier molecular flexibility index (Phi) is 7.04. The predicted molar refractivity (Wildman–Crippen MR) is 136 cm³/mol. The monoisotopic (exact) mass is 508 g/mol. The number of aliphatic hydroxyl groups is 1. The largest absolute Gasteiger partial charge is 0.481 e. The number of likely N-dealkylation sites (tertiary alicyclic amines) is 1. The van der Waals surface area contributed by atoms with Gasteiger partial charge >= 0.3 is 0 Å². The van der Waals surface area contributed by atoms with E-state index in [9.17, 15) is 14.7 Å². The second-order valence-corrected chi connectivity index (χ2v) is 9.98. The minimum atomic E-state index is -0.723. The summed E-state index contributed by atoms with van der Waals surface area (Å²) in [5, 5.41) is 13.7. The Morgan fingerprint density at radius 2 is 2.06 bits per heavy atom. The number of fused-ring (bicyclic) bond motifs is 2. The van der Waals surface area contributed by atoms with Gasteiger partial charge in [0.25, 0.3) is 5.91 Å². The zero-order valence-electron chi connectivity index (χ0n) is 20.2. The van der Waals surface area contributed by atoms with Crippen LogP contribution in [0.4, 0.5) is 5.82 Å². The van der Waals surface area contributed by atoms with Crippen molar-refractivity contribution in [1.29, 1.82) is 0 Å². The van der Waals surface area contributed by atoms with Gasteiger partial charge in [-0.3, -0.25) is 14.6 Å². The maximum Gasteiger partial charge on any atom is 0.272 e. The van der Waals surface area contributed by atoms with Gasteiger partial charge < -0.3 is 25.0 Å². The molecule has 2 amide bonds. The van der Waals surface area contributed by atoms with Crippen LogP contribution in [0.1, 0.15) is 35.0 Å². The van der Waals surface area contributed by atoms with Crippen molar-refractivity contribution in [3.05, 3.63) is 47.8 Å². The molecule has 2 aliphatic rings. The highest BCUT2D eigenvalue weighted by atomic mass is 32.2. The summed E-state index contributed by atoms with van der Waals surface area (Å²) in [6.45, 7) is 1.97. The number of hydrogen-bond acceptors (Lipinski definition) is 9. The van der Waals surface area contributed by atoms with Gasteiger partial charge in [-0.25, -0.2) is 9.97 Å². The third-order valence-electron chi connectivity index (χ3n) is 6.71. The summed E-state index contributed by atoms with van der Waals surface area (Å²) >= 11 is 1.42. The van der Waals surface area contributed by atoms with E-state index in [1.165, 1.54) is 11.8 Å². The van der Waals surface area contributed by atoms with Crippen molar-refractivity contribution < 1.29 is 19.4 Å². The number of methoxy groups -OCH3 is 1. The number of carbonyl (C=O) groups is 2. The highest BCUT2D eigenvalue weighted by Crippen LogP contribution is 2.30. The van der Waals surface area contributed by atoms with Gasteiger partial charge in [0, 0.05) is 50.6 Å². The fourth-order valence-corrected chi connectivity index (χ4v) is 5.43. The molecular weight excluding hydrogens is 480 g/mol. The molecule has 0 radical (unpaired) electrons. The zero-order valence-corrected chi connectivity index (χ0v) is 21.0. The first-order chi connectivity index (χ1) is 17.4. The summed E-state index contributed by atoms with van der Waals surface area (Å²) in [5.74, 6) is 1.02. The average Bonchev–Trinajstić information content (AvgIpc) is 2.91. The summed E-state index contributed by atoms with van der Waals surface area (Å²) in [5.41, 5.74) is 2.39. The van der Waals surface area contributed by atoms with E-state index in [0.717, 1.165) is 36.4 Å². The summed E-state index contributed by atoms with van der Waals surface area (Å²) in [7, 11) is 3.36. The van der Waals surface area contributed by atoms with Crippen molar-refractivity contribution in [2.75, 3.05) is 44.9 Å². The van der Waals surface area contributed by atoms with Crippen LogP contribution in [0.3, 0.4) is 0 Å². The molecule has 0 spiro atoms. The van der Waals surface area contributed by atoms with E-state index in [1.807, 2.05) is 12.1 Å². The topological polar surface area (TPSA) is 121 Å². The zero-order chi connectivity index (χ0) is 25.2. The molecule has 2 N–H and O–H groups in total. The van der Waals surface area contributed by atoms with E-state index < -0.39 is 6.10 Å². The number of rotatable bonds is 6. The predicted octanol–water partition coefficient (Wildman–Crippen LogP) is 2.35. The van der Waals surface area contributed by atoms with Crippen molar-refractivity contribution >= 4 is 40.4 Å². The molecule has 3 aromatic heterocycles. The number of ether oxygens (including phenoxy) is 1. The first kappa shape index (κ1) is 24.4. The first-order valence-electron chi connectivity index (χ1n) is 11.8. The molecule has 1 atom stereocenters. The van der Waals surface area contributed by atoms with Crippen LogP contribution in [0.15, 0.2) is 41.4 Å². The number of nitrogens with zero attached hydrogens (tertiary/aromatic N) is 5. The van der Waals surface area contributed by atoms with Gasteiger partial charge in [0.05, 0.1) is 34.9 Å². The SMILES string of the molecule is COc1ccc2nccc([C@@H](O)CN3CCC(N(C)C(=O)c4ccc5c(n4)NC(=O)CS5)CC3)c2n1. The number of β-amino-alcohol motifs (C(OH)–C–C–N with tert-alkyl or cyclic N) is 1. The minimum Gasteiger partial charge on any atom is -0.481 e. The van der Waals surface area contributed by atoms with Crippen molar-refractivity contribution in [2.45, 2.75) is 29.9 Å². The molecular formula is C25H28N6O4S. The maximum atomic E-state index is 13.1. The lowest BCUT2D eigenvalue weighted by Crippen LogP contribution is -2.46. The molecule has 0 aromatic carbocycles. The van der Waals surface area contributed by atoms with E-state index in [-0.39, 0.29) is 17.9 Å². The number of aliphatic hydroxyl groups excluding tert-OH is 1. The first-order valence-corrected chi connectivity index (χ1v) is 12.8. The van der Waals surface area contributed by atoms with Crippen molar-refractivity contribution in [3.8, 4) is 5.88 Å². The summed E-state index contributed by atoms with van der Waals surface area (Å²) in [6, 6.07) is 9.01. The van der Waals surface area contributed by atoms with Gasteiger partial charge in [-0.1, -0.05) is 0 Å². The molecule has 2 aliphatic heterocycles. The maximum absolute atomic E-state index is 13.1. The summed E-state index contributed by atoms with van der Waals surface area (Å²) in [6.07, 6.45) is 2.53. The number of nitrogens with one attached hydrogen (secondary N) is 1. The molecule has 5 rings (SSSR count). The van der Waals surface area contributed by atoms with Gasteiger partial charge in [-0.05, 0) is 37.1 Å². The van der Waals surface area contributed by atoms with E-state index >= 15 is 0 Å². The van der Waals surface area contributed by atoms with Crippen LogP contribution in [-0.2, 0) is 4.79 Å². The Labute approximate surface area is 213 Å². The molecule has 1 fully saturated rings. The lowest BCUT2D eigenvalue weighted by atomic mass is 10.0. The van der Waals surface area contributed by atoms with Crippen molar-refractivity contribution in [2.24, 2.45) is 0 Å². The Morgan fingerprint density at radius 1 is 1.25 bits per heavy atom. The number of amides is 2. The molecule has 0 unspecified atom stereocenters. The van der Waals surface area contributed by atoms with Crippen molar-refractivity contribution in [1.82, 2.24) is 24.8 Å². The lowest BCUT2D eigenvalue weighted by Gasteiger charge is -2.37. The molecule has 3 aromatic rings. The summed E-state index contributed by atoms with van der Waals surface area (Å²) in [4.78, 5) is 42.8. The number of thioether (sulfide) groups is 1. The number of pyridine rings is 3. The van der Waals surface area contributed by atoms with E-state index in [1.54, 1.807) is 43.5 Å². The second kappa shape index (κ2) is 10.4. The Hall–Kier alpha value is -3.28. The molecule has 0 bridgehead atoms. The smallest absolute Gasteiger partial charge is 0.272 e. The molecule has 5 heterocycles. The number of carbonyl (C=O) groups excluding carboxylic acids is 2. The van der Waals surface area contributed by atoms with Crippen LogP contribution in [0, 0.1) is 0 Å². The lowest BCUT2D eigenvalue weighted by molar-refractivity contribution is -0.113. The van der Waals surface area contributed by atoms with Gasteiger partial charge in [0.2, 0.25) is 11.8 Å². The highest BCUT2D eigenvalue weighted by Gasteiger charge is 2.29. The Bertz CT molecular complexity index is 1300. The molecule has 0 saturated carbocycles. The fraction of sp³-hybridized carbons (Fsp3) is 0.400. The molecule has 1 saturated heterocycles. The standard InChI is InChI=1S/C25H28N6O4S/c1-30(25(34)18-3-5-20-24(27-18)28-21(33)14-36-20)15-8-11-31(12-9-15)13-19(32)16-7-10-26-17-4-6-22(35-2)29-23(16)17/h3-7,10,15,19,32H,8-9,11-14H2,1-2H3,(H,27,28,33)/t19-/m0/s1. The molecule has 0 aliphatic carbocycles. The quantitative estimate of drug-likeness (QED) is 0.517. The van der Waals surface area contributed by atoms with Crippen LogP contribution in [0.2, 0.25) is 0 Å². The van der Waals surface area contributed by atoms with E-state index in [4.69, 9.17) is 4.74 Å². The third kappa shape index (κ3) is 4.99. The average molecular weight is 509 g/mol. The Balaban J connectivity index is 1.20. The minimum absolute atomic E-state index is 0.0698. The highest BCUT2D eigenvalue weighted by molar-refractivity contribution is 8.00. The van der Waals surface area contributed by atoms with Crippen LogP contribution in [-0.4, -0.2) is 87.3 Å². The van der Waals surface area contributed by atoms with Crippen molar-refractivity contribution in [3.63, 3.8) is 0 Å². The second-order valence-electron chi connectivity index (χ2n) is 8.97. The third-order valence-corrected chi connectivity index (χ3v) is 7.75. The van der Waals surface area contributed by atoms with Gasteiger partial charge in [-0.2, -0.15) is 0 Å². The number of anilines is 1. The molecule has 36 heavy (non-hydrogen) atoms.